The summed E-state index contributed by atoms with van der Waals surface area (Å²) in [7, 11) is -1.22. The van der Waals surface area contributed by atoms with Gasteiger partial charge in [0.25, 0.3) is 0 Å². The van der Waals surface area contributed by atoms with Gasteiger partial charge in [-0.1, -0.05) is 78.3 Å². The largest absolute Gasteiger partial charge is 0.352 e. The highest BCUT2D eigenvalue weighted by Crippen LogP contribution is 2.23. The zero-order chi connectivity index (χ0) is 28.6. The molecular formula is C29H35ClN4O4S. The van der Waals surface area contributed by atoms with Gasteiger partial charge in [0.2, 0.25) is 11.8 Å². The van der Waals surface area contributed by atoms with E-state index in [0.29, 0.717) is 16.3 Å². The molecule has 8 nitrogen and oxygen atoms in total. The smallest absolute Gasteiger partial charge is 0.304 e. The minimum atomic E-state index is -4.03. The zero-order valence-electron chi connectivity index (χ0n) is 22.6. The molecule has 0 aliphatic carbocycles. The molecule has 0 saturated carbocycles. The van der Waals surface area contributed by atoms with Crippen molar-refractivity contribution in [1.29, 1.82) is 0 Å². The van der Waals surface area contributed by atoms with Crippen LogP contribution in [-0.4, -0.2) is 62.2 Å². The Labute approximate surface area is 236 Å². The van der Waals surface area contributed by atoms with Crippen LogP contribution in [0.5, 0.6) is 0 Å². The van der Waals surface area contributed by atoms with Crippen molar-refractivity contribution in [3.05, 3.63) is 101 Å². The summed E-state index contributed by atoms with van der Waals surface area (Å²) in [6.07, 6.45) is 0.237. The lowest BCUT2D eigenvalue weighted by molar-refractivity contribution is -0.140. The lowest BCUT2D eigenvalue weighted by Gasteiger charge is -2.34. The van der Waals surface area contributed by atoms with Crippen LogP contribution in [0.4, 0.5) is 5.69 Å². The third-order valence-corrected chi connectivity index (χ3v) is 8.25. The van der Waals surface area contributed by atoms with Crippen LogP contribution in [-0.2, 0) is 32.8 Å². The van der Waals surface area contributed by atoms with Crippen LogP contribution in [0.2, 0.25) is 5.02 Å². The summed E-state index contributed by atoms with van der Waals surface area (Å²) >= 11 is 6.47. The molecule has 10 heteroatoms. The van der Waals surface area contributed by atoms with Gasteiger partial charge in [-0.3, -0.25) is 9.59 Å². The highest BCUT2D eigenvalue weighted by molar-refractivity contribution is 7.90. The van der Waals surface area contributed by atoms with Gasteiger partial charge in [0.05, 0.1) is 5.69 Å². The molecule has 1 unspecified atom stereocenters. The molecular weight excluding hydrogens is 536 g/mol. The monoisotopic (exact) mass is 570 g/mol. The maximum atomic E-state index is 14.1. The normalized spacial score (nSPS) is 12.3. The molecule has 3 aromatic carbocycles. The molecule has 2 amide bonds. The minimum absolute atomic E-state index is 0.0200. The van der Waals surface area contributed by atoms with Gasteiger partial charge in [0, 0.05) is 38.1 Å². The van der Waals surface area contributed by atoms with E-state index in [2.05, 4.69) is 5.32 Å². The SMILES string of the molecule is CC(C)NC(=O)C(Cc1ccccc1)N(Cc1ccccc1Cl)C(=O)CN(c1ccccc1)S(=O)(=O)N(C)C. The number of anilines is 1. The van der Waals surface area contributed by atoms with Gasteiger partial charge < -0.3 is 10.2 Å². The molecule has 0 heterocycles. The van der Waals surface area contributed by atoms with Crippen molar-refractivity contribution in [3.63, 3.8) is 0 Å². The number of benzene rings is 3. The van der Waals surface area contributed by atoms with Gasteiger partial charge in [-0.05, 0) is 43.2 Å². The topological polar surface area (TPSA) is 90.0 Å². The van der Waals surface area contributed by atoms with Crippen LogP contribution < -0.4 is 9.62 Å². The van der Waals surface area contributed by atoms with Crippen LogP contribution in [0.3, 0.4) is 0 Å². The van der Waals surface area contributed by atoms with Gasteiger partial charge in [0.1, 0.15) is 12.6 Å². The number of amides is 2. The molecule has 0 spiro atoms. The Bertz CT molecular complexity index is 1350. The second kappa shape index (κ2) is 13.6. The number of halogens is 1. The fraction of sp³-hybridized carbons (Fsp3) is 0.310. The predicted octanol–water partition coefficient (Wildman–Crippen LogP) is 4.12. The fourth-order valence-electron chi connectivity index (χ4n) is 4.06. The third-order valence-electron chi connectivity index (χ3n) is 6.06. The van der Waals surface area contributed by atoms with Gasteiger partial charge in [-0.2, -0.15) is 12.7 Å². The number of nitrogens with zero attached hydrogens (tertiary/aromatic N) is 3. The Morgan fingerprint density at radius 1 is 0.872 bits per heavy atom. The van der Waals surface area contributed by atoms with Gasteiger partial charge in [-0.25, -0.2) is 4.31 Å². The van der Waals surface area contributed by atoms with Crippen LogP contribution in [0, 0.1) is 0 Å². The van der Waals surface area contributed by atoms with Crippen molar-refractivity contribution in [2.24, 2.45) is 0 Å². The first kappa shape index (κ1) is 30.1. The second-order valence-corrected chi connectivity index (χ2v) is 12.1. The van der Waals surface area contributed by atoms with Crippen LogP contribution in [0.25, 0.3) is 0 Å². The Hall–Kier alpha value is -3.40. The molecule has 3 rings (SSSR count). The third kappa shape index (κ3) is 8.05. The Morgan fingerprint density at radius 2 is 1.44 bits per heavy atom. The molecule has 208 valence electrons. The number of para-hydroxylation sites is 1. The predicted molar refractivity (Wildman–Crippen MR) is 156 cm³/mol. The van der Waals surface area contributed by atoms with E-state index in [4.69, 9.17) is 11.6 Å². The van der Waals surface area contributed by atoms with Crippen molar-refractivity contribution < 1.29 is 18.0 Å². The van der Waals surface area contributed by atoms with Crippen molar-refractivity contribution in [1.82, 2.24) is 14.5 Å². The fourth-order valence-corrected chi connectivity index (χ4v) is 5.31. The number of nitrogens with one attached hydrogen (secondary N) is 1. The summed E-state index contributed by atoms with van der Waals surface area (Å²) in [5, 5.41) is 3.37. The maximum absolute atomic E-state index is 14.1. The Kier molecular flexibility index (Phi) is 10.5. The number of hydrogen-bond donors (Lipinski definition) is 1. The summed E-state index contributed by atoms with van der Waals surface area (Å²) in [6.45, 7) is 3.21. The first-order valence-electron chi connectivity index (χ1n) is 12.6. The summed E-state index contributed by atoms with van der Waals surface area (Å²) in [5.74, 6) is -0.875. The van der Waals surface area contributed by atoms with E-state index in [1.165, 1.54) is 19.0 Å². The molecule has 0 aromatic heterocycles. The average Bonchev–Trinajstić information content (AvgIpc) is 2.90. The van der Waals surface area contributed by atoms with Crippen LogP contribution in [0.15, 0.2) is 84.9 Å². The van der Waals surface area contributed by atoms with E-state index < -0.39 is 28.7 Å². The number of hydrogen-bond acceptors (Lipinski definition) is 4. The summed E-state index contributed by atoms with van der Waals surface area (Å²) < 4.78 is 28.7. The lowest BCUT2D eigenvalue weighted by Crippen LogP contribution is -2.55. The molecule has 39 heavy (non-hydrogen) atoms. The van der Waals surface area contributed by atoms with E-state index >= 15 is 0 Å². The number of carbonyl (C=O) groups excluding carboxylic acids is 2. The average molecular weight is 571 g/mol. The minimum Gasteiger partial charge on any atom is -0.352 e. The van der Waals surface area contributed by atoms with Crippen molar-refractivity contribution in [3.8, 4) is 0 Å². The molecule has 0 radical (unpaired) electrons. The van der Waals surface area contributed by atoms with Crippen LogP contribution in [0.1, 0.15) is 25.0 Å². The lowest BCUT2D eigenvalue weighted by atomic mass is 10.0. The van der Waals surface area contributed by atoms with Gasteiger partial charge in [0.15, 0.2) is 0 Å². The maximum Gasteiger partial charge on any atom is 0.304 e. The van der Waals surface area contributed by atoms with Crippen molar-refractivity contribution in [2.75, 3.05) is 24.9 Å². The second-order valence-electron chi connectivity index (χ2n) is 9.61. The van der Waals surface area contributed by atoms with E-state index in [-0.39, 0.29) is 24.9 Å². The quantitative estimate of drug-likeness (QED) is 0.355. The summed E-state index contributed by atoms with van der Waals surface area (Å²) in [6, 6.07) is 23.8. The molecule has 0 fully saturated rings. The summed E-state index contributed by atoms with van der Waals surface area (Å²) in [4.78, 5) is 29.1. The summed E-state index contributed by atoms with van der Waals surface area (Å²) in [5.41, 5.74) is 1.84. The highest BCUT2D eigenvalue weighted by atomic mass is 35.5. The number of rotatable bonds is 12. The van der Waals surface area contributed by atoms with Gasteiger partial charge in [-0.15, -0.1) is 0 Å². The van der Waals surface area contributed by atoms with Crippen molar-refractivity contribution >= 4 is 39.3 Å². The Balaban J connectivity index is 2.09. The zero-order valence-corrected chi connectivity index (χ0v) is 24.2. The molecule has 0 bridgehead atoms. The molecule has 0 aliphatic rings. The van der Waals surface area contributed by atoms with E-state index in [1.807, 2.05) is 44.2 Å². The highest BCUT2D eigenvalue weighted by Gasteiger charge is 2.35. The first-order chi connectivity index (χ1) is 18.5. The standard InChI is InChI=1S/C29H35ClN4O4S/c1-22(2)31-29(36)27(19-23-13-7-5-8-14-23)33(20-24-15-11-12-18-26(24)30)28(35)21-34(39(37,38)32(3)4)25-16-9-6-10-17-25/h5-18,22,27H,19-21H2,1-4H3,(H,31,36). The molecule has 0 aliphatic heterocycles. The van der Waals surface area contributed by atoms with Crippen LogP contribution >= 0.6 is 11.6 Å². The molecule has 1 atom stereocenters. The Morgan fingerprint density at radius 3 is 2.00 bits per heavy atom. The molecule has 3 aromatic rings. The van der Waals surface area contributed by atoms with E-state index in [1.54, 1.807) is 54.6 Å². The molecule has 0 saturated heterocycles. The number of carbonyl (C=O) groups is 2. The first-order valence-corrected chi connectivity index (χ1v) is 14.4. The van der Waals surface area contributed by atoms with Gasteiger partial charge >= 0.3 is 10.2 Å². The van der Waals surface area contributed by atoms with E-state index in [0.717, 1.165) is 14.2 Å². The van der Waals surface area contributed by atoms with Crippen molar-refractivity contribution in [2.45, 2.75) is 38.9 Å². The molecule has 1 N–H and O–H groups in total. The van der Waals surface area contributed by atoms with E-state index in [9.17, 15) is 18.0 Å².